The SMILES string of the molecule is Brc1ccccc1-c1ccc(/C=N/N2CCOCC2)o1. The summed E-state index contributed by atoms with van der Waals surface area (Å²) in [5, 5.41) is 6.40. The van der Waals surface area contributed by atoms with Crippen molar-refractivity contribution in [2.24, 2.45) is 5.10 Å². The molecule has 0 amide bonds. The van der Waals surface area contributed by atoms with Crippen LogP contribution in [-0.2, 0) is 4.74 Å². The van der Waals surface area contributed by atoms with Crippen LogP contribution >= 0.6 is 15.9 Å². The lowest BCUT2D eigenvalue weighted by Gasteiger charge is -2.23. The molecule has 1 aliphatic heterocycles. The van der Waals surface area contributed by atoms with Gasteiger partial charge in [-0.05, 0) is 18.2 Å². The van der Waals surface area contributed by atoms with Crippen LogP contribution in [0.1, 0.15) is 5.76 Å². The quantitative estimate of drug-likeness (QED) is 0.807. The molecule has 1 aromatic carbocycles. The predicted molar refractivity (Wildman–Crippen MR) is 81.8 cm³/mol. The van der Waals surface area contributed by atoms with Crippen molar-refractivity contribution in [2.45, 2.75) is 0 Å². The molecule has 1 saturated heterocycles. The van der Waals surface area contributed by atoms with Crippen LogP contribution < -0.4 is 0 Å². The molecule has 2 heterocycles. The summed E-state index contributed by atoms with van der Waals surface area (Å²) in [5.41, 5.74) is 1.04. The molecular weight excluding hydrogens is 320 g/mol. The van der Waals surface area contributed by atoms with Crippen LogP contribution in [0.25, 0.3) is 11.3 Å². The van der Waals surface area contributed by atoms with Gasteiger partial charge in [0, 0.05) is 10.0 Å². The molecule has 0 bridgehead atoms. The van der Waals surface area contributed by atoms with Crippen LogP contribution in [0.2, 0.25) is 0 Å². The van der Waals surface area contributed by atoms with Crippen molar-refractivity contribution in [3.63, 3.8) is 0 Å². The van der Waals surface area contributed by atoms with Gasteiger partial charge in [-0.15, -0.1) is 0 Å². The van der Waals surface area contributed by atoms with Crippen molar-refractivity contribution in [1.29, 1.82) is 0 Å². The van der Waals surface area contributed by atoms with Crippen molar-refractivity contribution in [3.8, 4) is 11.3 Å². The zero-order valence-electron chi connectivity index (χ0n) is 11.0. The van der Waals surface area contributed by atoms with Crippen LogP contribution in [0, 0.1) is 0 Å². The highest BCUT2D eigenvalue weighted by Gasteiger charge is 2.08. The van der Waals surface area contributed by atoms with E-state index in [1.54, 1.807) is 6.21 Å². The highest BCUT2D eigenvalue weighted by Crippen LogP contribution is 2.28. The molecule has 5 heteroatoms. The van der Waals surface area contributed by atoms with E-state index in [1.165, 1.54) is 0 Å². The van der Waals surface area contributed by atoms with Crippen LogP contribution in [0.3, 0.4) is 0 Å². The lowest BCUT2D eigenvalue weighted by Crippen LogP contribution is -2.32. The number of hydrogen-bond donors (Lipinski definition) is 0. The number of rotatable bonds is 3. The number of benzene rings is 1. The molecule has 1 aliphatic rings. The Kier molecular flexibility index (Phi) is 4.18. The second-order valence-corrected chi connectivity index (χ2v) is 5.35. The van der Waals surface area contributed by atoms with E-state index in [9.17, 15) is 0 Å². The molecular formula is C15H15BrN2O2. The summed E-state index contributed by atoms with van der Waals surface area (Å²) < 4.78 is 12.1. The van der Waals surface area contributed by atoms with E-state index in [2.05, 4.69) is 21.0 Å². The van der Waals surface area contributed by atoms with Crippen LogP contribution in [-0.4, -0.2) is 37.5 Å². The predicted octanol–water partition coefficient (Wildman–Crippen LogP) is 3.38. The number of nitrogens with zero attached hydrogens (tertiary/aromatic N) is 2. The first kappa shape index (κ1) is 13.4. The van der Waals surface area contributed by atoms with Gasteiger partial charge in [-0.1, -0.05) is 34.1 Å². The third-order valence-corrected chi connectivity index (χ3v) is 3.79. The van der Waals surface area contributed by atoms with Gasteiger partial charge in [-0.25, -0.2) is 0 Å². The zero-order chi connectivity index (χ0) is 13.8. The van der Waals surface area contributed by atoms with Gasteiger partial charge in [0.2, 0.25) is 0 Å². The Labute approximate surface area is 126 Å². The van der Waals surface area contributed by atoms with Gasteiger partial charge in [-0.3, -0.25) is 5.01 Å². The van der Waals surface area contributed by atoms with Gasteiger partial charge in [0.15, 0.2) is 0 Å². The fourth-order valence-electron chi connectivity index (χ4n) is 2.04. The topological polar surface area (TPSA) is 38.0 Å². The molecule has 1 fully saturated rings. The Morgan fingerprint density at radius 1 is 1.10 bits per heavy atom. The van der Waals surface area contributed by atoms with Crippen molar-refractivity contribution < 1.29 is 9.15 Å². The standard InChI is InChI=1S/C15H15BrN2O2/c16-14-4-2-1-3-13(14)15-6-5-12(20-15)11-17-18-7-9-19-10-8-18/h1-6,11H,7-10H2/b17-11+. The Hall–Kier alpha value is -1.59. The van der Waals surface area contributed by atoms with Gasteiger partial charge in [0.05, 0.1) is 32.5 Å². The van der Waals surface area contributed by atoms with E-state index >= 15 is 0 Å². The molecule has 4 nitrogen and oxygen atoms in total. The minimum atomic E-state index is 0.734. The van der Waals surface area contributed by atoms with Crippen LogP contribution in [0.4, 0.5) is 0 Å². The Morgan fingerprint density at radius 2 is 1.90 bits per heavy atom. The lowest BCUT2D eigenvalue weighted by atomic mass is 10.2. The Morgan fingerprint density at radius 3 is 2.70 bits per heavy atom. The number of hydrogen-bond acceptors (Lipinski definition) is 4. The fraction of sp³-hybridized carbons (Fsp3) is 0.267. The van der Waals surface area contributed by atoms with Crippen LogP contribution in [0.15, 0.2) is 50.4 Å². The van der Waals surface area contributed by atoms with E-state index in [1.807, 2.05) is 41.4 Å². The molecule has 20 heavy (non-hydrogen) atoms. The number of morpholine rings is 1. The van der Waals surface area contributed by atoms with Gasteiger partial charge in [-0.2, -0.15) is 5.10 Å². The number of furan rings is 1. The van der Waals surface area contributed by atoms with Gasteiger partial charge >= 0.3 is 0 Å². The smallest absolute Gasteiger partial charge is 0.147 e. The molecule has 0 atom stereocenters. The number of ether oxygens (including phenoxy) is 1. The average Bonchev–Trinajstić information content (AvgIpc) is 2.95. The molecule has 0 N–H and O–H groups in total. The summed E-state index contributed by atoms with van der Waals surface area (Å²) in [6.45, 7) is 3.12. The van der Waals surface area contributed by atoms with Crippen molar-refractivity contribution in [2.75, 3.05) is 26.3 Å². The lowest BCUT2D eigenvalue weighted by molar-refractivity contribution is 0.0396. The van der Waals surface area contributed by atoms with E-state index < -0.39 is 0 Å². The zero-order valence-corrected chi connectivity index (χ0v) is 12.5. The Bertz CT molecular complexity index is 603. The molecule has 1 aromatic heterocycles. The van der Waals surface area contributed by atoms with Gasteiger partial charge in [0.1, 0.15) is 11.5 Å². The third kappa shape index (κ3) is 3.11. The first-order valence-electron chi connectivity index (χ1n) is 6.54. The summed E-state index contributed by atoms with van der Waals surface area (Å²) >= 11 is 3.53. The molecule has 0 saturated carbocycles. The maximum Gasteiger partial charge on any atom is 0.147 e. The van der Waals surface area contributed by atoms with Crippen molar-refractivity contribution >= 4 is 22.1 Å². The van der Waals surface area contributed by atoms with Crippen molar-refractivity contribution in [1.82, 2.24) is 5.01 Å². The van der Waals surface area contributed by atoms with E-state index in [0.29, 0.717) is 0 Å². The molecule has 3 rings (SSSR count). The average molecular weight is 335 g/mol. The minimum absolute atomic E-state index is 0.734. The van der Waals surface area contributed by atoms with E-state index in [0.717, 1.165) is 47.9 Å². The van der Waals surface area contributed by atoms with Gasteiger partial charge in [0.25, 0.3) is 0 Å². The molecule has 0 radical (unpaired) electrons. The summed E-state index contributed by atoms with van der Waals surface area (Å²) in [4.78, 5) is 0. The molecule has 0 aliphatic carbocycles. The molecule has 0 spiro atoms. The largest absolute Gasteiger partial charge is 0.455 e. The Balaban J connectivity index is 1.73. The summed E-state index contributed by atoms with van der Waals surface area (Å²) in [5.74, 6) is 1.59. The molecule has 104 valence electrons. The van der Waals surface area contributed by atoms with E-state index in [4.69, 9.17) is 9.15 Å². The maximum absolute atomic E-state index is 5.80. The molecule has 2 aromatic rings. The maximum atomic E-state index is 5.80. The number of halogens is 1. The summed E-state index contributed by atoms with van der Waals surface area (Å²) in [6.07, 6.45) is 1.76. The minimum Gasteiger partial charge on any atom is -0.455 e. The van der Waals surface area contributed by atoms with E-state index in [-0.39, 0.29) is 0 Å². The normalized spacial score (nSPS) is 15.9. The van der Waals surface area contributed by atoms with Crippen LogP contribution in [0.5, 0.6) is 0 Å². The monoisotopic (exact) mass is 334 g/mol. The van der Waals surface area contributed by atoms with Gasteiger partial charge < -0.3 is 9.15 Å². The molecule has 0 unspecified atom stereocenters. The fourth-order valence-corrected chi connectivity index (χ4v) is 2.52. The second kappa shape index (κ2) is 6.24. The number of hydrazone groups is 1. The second-order valence-electron chi connectivity index (χ2n) is 4.49. The summed E-state index contributed by atoms with van der Waals surface area (Å²) in [6, 6.07) is 11.9. The highest BCUT2D eigenvalue weighted by atomic mass is 79.9. The first-order valence-corrected chi connectivity index (χ1v) is 7.33. The van der Waals surface area contributed by atoms with Crippen molar-refractivity contribution in [3.05, 3.63) is 46.6 Å². The highest BCUT2D eigenvalue weighted by molar-refractivity contribution is 9.10. The third-order valence-electron chi connectivity index (χ3n) is 3.10. The summed E-state index contributed by atoms with van der Waals surface area (Å²) in [7, 11) is 0. The first-order chi connectivity index (χ1) is 9.83.